The van der Waals surface area contributed by atoms with E-state index in [0.29, 0.717) is 0 Å². The first-order valence-electron chi connectivity index (χ1n) is 10.2. The van der Waals surface area contributed by atoms with Crippen LogP contribution in [-0.2, 0) is 6.42 Å². The second-order valence-electron chi connectivity index (χ2n) is 7.16. The first-order chi connectivity index (χ1) is 11.3. The Bertz CT molecular complexity index is 349. The van der Waals surface area contributed by atoms with Crippen molar-refractivity contribution in [3.05, 3.63) is 42.3 Å². The van der Waals surface area contributed by atoms with E-state index in [1.54, 1.807) is 0 Å². The van der Waals surface area contributed by atoms with Crippen molar-refractivity contribution in [2.75, 3.05) is 0 Å². The van der Waals surface area contributed by atoms with E-state index in [-0.39, 0.29) is 0 Å². The molecule has 0 aromatic heterocycles. The van der Waals surface area contributed by atoms with Crippen molar-refractivity contribution in [3.63, 3.8) is 0 Å². The summed E-state index contributed by atoms with van der Waals surface area (Å²) >= 11 is 0. The van der Waals surface area contributed by atoms with Gasteiger partial charge in [0.05, 0.1) is 0 Å². The van der Waals surface area contributed by atoms with E-state index in [9.17, 15) is 0 Å². The van der Waals surface area contributed by atoms with Gasteiger partial charge >= 0.3 is 0 Å². The van der Waals surface area contributed by atoms with E-state index in [1.165, 1.54) is 102 Å². The quantitative estimate of drug-likeness (QED) is 0.289. The highest BCUT2D eigenvalue weighted by Gasteiger charge is 1.95. The molecule has 0 nitrogen and oxygen atoms in total. The predicted octanol–water partition coefficient (Wildman–Crippen LogP) is 7.89. The van der Waals surface area contributed by atoms with Gasteiger partial charge in [-0.05, 0) is 30.9 Å². The lowest BCUT2D eigenvalue weighted by Gasteiger charge is -2.04. The van der Waals surface area contributed by atoms with Gasteiger partial charge < -0.3 is 0 Å². The van der Waals surface area contributed by atoms with Crippen LogP contribution in [0.25, 0.3) is 0 Å². The van der Waals surface area contributed by atoms with Gasteiger partial charge in [-0.25, -0.2) is 0 Å². The van der Waals surface area contributed by atoms with E-state index in [0.717, 1.165) is 5.56 Å². The maximum absolute atomic E-state index is 3.93. The fourth-order valence-electron chi connectivity index (χ4n) is 3.23. The highest BCUT2D eigenvalue weighted by atomic mass is 14.0. The van der Waals surface area contributed by atoms with Gasteiger partial charge in [-0.15, -0.1) is 0 Å². The molecule has 0 bridgehead atoms. The minimum absolute atomic E-state index is 1.12. The lowest BCUT2D eigenvalue weighted by atomic mass is 10.0. The van der Waals surface area contributed by atoms with E-state index in [4.69, 9.17) is 0 Å². The van der Waals surface area contributed by atoms with Gasteiger partial charge in [-0.3, -0.25) is 0 Å². The third-order valence-electron chi connectivity index (χ3n) is 4.84. The highest BCUT2D eigenvalue weighted by molar-refractivity contribution is 5.24. The third kappa shape index (κ3) is 12.3. The summed E-state index contributed by atoms with van der Waals surface area (Å²) in [4.78, 5) is 0. The second kappa shape index (κ2) is 14.8. The number of benzene rings is 1. The molecule has 1 aromatic carbocycles. The number of aryl methyl sites for hydroxylation is 1. The van der Waals surface area contributed by atoms with Crippen LogP contribution in [0.5, 0.6) is 0 Å². The molecule has 23 heavy (non-hydrogen) atoms. The molecule has 0 fully saturated rings. The topological polar surface area (TPSA) is 0 Å². The molecule has 0 saturated heterocycles. The lowest BCUT2D eigenvalue weighted by molar-refractivity contribution is 0.535. The minimum atomic E-state index is 1.12. The Morgan fingerprint density at radius 2 is 0.957 bits per heavy atom. The van der Waals surface area contributed by atoms with E-state index in [2.05, 4.69) is 38.1 Å². The van der Waals surface area contributed by atoms with Crippen LogP contribution in [0.15, 0.2) is 24.3 Å². The molecule has 0 aliphatic carbocycles. The third-order valence-corrected chi connectivity index (χ3v) is 4.84. The molecule has 0 saturated carbocycles. The van der Waals surface area contributed by atoms with Crippen LogP contribution in [0.4, 0.5) is 0 Å². The largest absolute Gasteiger partial charge is 0.0654 e. The van der Waals surface area contributed by atoms with Gasteiger partial charge in [0.15, 0.2) is 0 Å². The molecule has 131 valence electrons. The Morgan fingerprint density at radius 1 is 0.565 bits per heavy atom. The van der Waals surface area contributed by atoms with Crippen LogP contribution in [0.3, 0.4) is 0 Å². The van der Waals surface area contributed by atoms with Gasteiger partial charge in [0, 0.05) is 0 Å². The summed E-state index contributed by atoms with van der Waals surface area (Å²) in [5, 5.41) is 0. The summed E-state index contributed by atoms with van der Waals surface area (Å²) < 4.78 is 0. The summed E-state index contributed by atoms with van der Waals surface area (Å²) in [7, 11) is 0. The number of rotatable bonds is 15. The van der Waals surface area contributed by atoms with Gasteiger partial charge in [-0.1, -0.05) is 115 Å². The summed E-state index contributed by atoms with van der Waals surface area (Å²) in [5.74, 6) is 0. The van der Waals surface area contributed by atoms with Crippen molar-refractivity contribution in [3.8, 4) is 0 Å². The van der Waals surface area contributed by atoms with Crippen molar-refractivity contribution < 1.29 is 0 Å². The molecule has 0 aliphatic rings. The fourth-order valence-corrected chi connectivity index (χ4v) is 3.23. The molecule has 0 unspecified atom stereocenters. The van der Waals surface area contributed by atoms with Crippen LogP contribution in [0.1, 0.15) is 108 Å². The van der Waals surface area contributed by atoms with Gasteiger partial charge in [0.2, 0.25) is 0 Å². The van der Waals surface area contributed by atoms with Crippen LogP contribution in [0.2, 0.25) is 0 Å². The second-order valence-corrected chi connectivity index (χ2v) is 7.16. The Labute approximate surface area is 146 Å². The number of hydrogen-bond acceptors (Lipinski definition) is 0. The van der Waals surface area contributed by atoms with Gasteiger partial charge in [-0.2, -0.15) is 0 Å². The molecule has 0 amide bonds. The first kappa shape index (κ1) is 20.3. The molecular formula is C23H39. The average molecular weight is 316 g/mol. The van der Waals surface area contributed by atoms with Gasteiger partial charge in [0.1, 0.15) is 0 Å². The molecule has 0 heteroatoms. The van der Waals surface area contributed by atoms with E-state index < -0.39 is 0 Å². The molecule has 0 spiro atoms. The zero-order valence-corrected chi connectivity index (χ0v) is 15.6. The monoisotopic (exact) mass is 315 g/mol. The lowest BCUT2D eigenvalue weighted by Crippen LogP contribution is -1.87. The highest BCUT2D eigenvalue weighted by Crippen LogP contribution is 2.14. The SMILES string of the molecule is [CH2]c1ccc(CCCCCCCCCCCCCCCC)cc1. The smallest absolute Gasteiger partial charge is 0.0238 e. The standard InChI is InChI=1S/C23H39/c1-3-4-5-6-7-8-9-10-11-12-13-14-15-16-17-23-20-18-22(2)19-21-23/h18-21H,2-17H2,1H3. The maximum atomic E-state index is 3.93. The van der Waals surface area contributed by atoms with Crippen molar-refractivity contribution >= 4 is 0 Å². The normalized spacial score (nSPS) is 11.0. The predicted molar refractivity (Wildman–Crippen MR) is 105 cm³/mol. The number of unbranched alkanes of at least 4 members (excludes halogenated alkanes) is 13. The maximum Gasteiger partial charge on any atom is -0.0238 e. The van der Waals surface area contributed by atoms with Crippen molar-refractivity contribution in [1.29, 1.82) is 0 Å². The molecule has 1 radical (unpaired) electrons. The van der Waals surface area contributed by atoms with E-state index >= 15 is 0 Å². The van der Waals surface area contributed by atoms with Crippen LogP contribution >= 0.6 is 0 Å². The summed E-state index contributed by atoms with van der Waals surface area (Å²) in [5.41, 5.74) is 2.59. The summed E-state index contributed by atoms with van der Waals surface area (Å²) in [6.07, 6.45) is 21.3. The molecule has 1 rings (SSSR count). The Balaban J connectivity index is 1.77. The molecule has 1 aromatic rings. The molecule has 0 heterocycles. The number of hydrogen-bond donors (Lipinski definition) is 0. The Kier molecular flexibility index (Phi) is 13.0. The Hall–Kier alpha value is -0.780. The van der Waals surface area contributed by atoms with Gasteiger partial charge in [0.25, 0.3) is 0 Å². The minimum Gasteiger partial charge on any atom is -0.0654 e. The molecular weight excluding hydrogens is 276 g/mol. The average Bonchev–Trinajstić information content (AvgIpc) is 2.57. The fraction of sp³-hybridized carbons (Fsp3) is 0.696. The van der Waals surface area contributed by atoms with Crippen LogP contribution < -0.4 is 0 Å². The summed E-state index contributed by atoms with van der Waals surface area (Å²) in [6, 6.07) is 8.70. The molecule has 0 aliphatic heterocycles. The Morgan fingerprint density at radius 3 is 1.39 bits per heavy atom. The first-order valence-corrected chi connectivity index (χ1v) is 10.2. The molecule has 0 N–H and O–H groups in total. The summed E-state index contributed by atoms with van der Waals surface area (Å²) in [6.45, 7) is 6.23. The van der Waals surface area contributed by atoms with Crippen LogP contribution in [-0.4, -0.2) is 0 Å². The van der Waals surface area contributed by atoms with Crippen molar-refractivity contribution in [1.82, 2.24) is 0 Å². The molecule has 0 atom stereocenters. The van der Waals surface area contributed by atoms with Crippen molar-refractivity contribution in [2.24, 2.45) is 0 Å². The van der Waals surface area contributed by atoms with Crippen LogP contribution in [0, 0.1) is 6.92 Å². The van der Waals surface area contributed by atoms with Crippen molar-refractivity contribution in [2.45, 2.75) is 103 Å². The zero-order chi connectivity index (χ0) is 16.6. The van der Waals surface area contributed by atoms with E-state index in [1.807, 2.05) is 0 Å². The zero-order valence-electron chi connectivity index (χ0n) is 15.6.